The van der Waals surface area contributed by atoms with Gasteiger partial charge in [0.1, 0.15) is 40.5 Å². The molecule has 0 unspecified atom stereocenters. The molecule has 6 amide bonds. The van der Waals surface area contributed by atoms with Crippen molar-refractivity contribution in [2.24, 2.45) is 58.6 Å². The van der Waals surface area contributed by atoms with E-state index in [1.54, 1.807) is 49.0 Å². The summed E-state index contributed by atoms with van der Waals surface area (Å²) in [4.78, 5) is 209. The average Bonchev–Trinajstić information content (AvgIpc) is 0.935. The van der Waals surface area contributed by atoms with Gasteiger partial charge < -0.3 is 103 Å². The second kappa shape index (κ2) is 121. The molecule has 0 aromatic heterocycles. The van der Waals surface area contributed by atoms with Crippen LogP contribution in [0, 0.1) is 41.4 Å². The number of carboxylic acids is 3. The molecular weight excluding hydrogens is 1870 g/mol. The van der Waals surface area contributed by atoms with Gasteiger partial charge in [-0.3, -0.25) is 71.9 Å². The fourth-order valence-electron chi connectivity index (χ4n) is 12.5. The maximum Gasteiger partial charge on any atom is 0.309 e. The molecule has 0 saturated heterocycles. The van der Waals surface area contributed by atoms with Gasteiger partial charge >= 0.3 is 35.8 Å². The standard InChI is InChI=1S/C13H23NO4.C13H25NO2.2C12H24N2O2.C12H21NO4.2C11H20O3.C8H18N2O.C4H8O2.C3H6O2.CH4O.P2S2/c1-4-12(16)14-8-6-5-7-11(9-10(2)15)13(17)18-3;1-4-6-7-9-11(13(16)14-3)10-12(15)8-5-2;2*1-3-6-11(15)9-10(12(16)14-2)7-4-5-8-13;1-3-11(15)13-7-5-4-6-10(12(16)17)8-9(2)14;2*1-4-5-6-7-10(8-9(2)12)11(13)14-3;1-3-4-5-6-7(9)8(11)10-2;1-2-3-4(5)6;1-2-3(4)5;1-2;3-1-2-4/h11H,4-9H2,1-3H3,(H,14,16);11H,4-10H2,1-3H3,(H,14,16);2*10H,3-9,13H2,1-2H3,(H,14,16);10H,3-8H2,1-2H3,(H,13,15)(H,16,17);2*10H,4-8H2,1-3H3;7H,3-6,9H2,1-2H3,(H,10,11);2-3H2,1H3,(H,5,6);2H2,1H3,(H,4,5);2H,1H3;/t2*11-;5*10-;7-;;;;/m11111110..../s1. The smallest absolute Gasteiger partial charge is 0.309 e. The van der Waals surface area contributed by atoms with Gasteiger partial charge in [0.05, 0.1) is 51.0 Å². The number of carbonyl (C=O) groups excluding carboxylic acids is 16. The number of ether oxygens (including phenoxy) is 3. The highest BCUT2D eigenvalue weighted by Crippen LogP contribution is 2.22. The number of carboxylic acid groups (broad SMARTS) is 3. The molecule has 0 radical (unpaired) electrons. The van der Waals surface area contributed by atoms with Crippen molar-refractivity contribution in [1.82, 2.24) is 31.9 Å². The van der Waals surface area contributed by atoms with Crippen LogP contribution in [0.5, 0.6) is 0 Å². The SMILES string of the molecule is CCC(=O)NCCCC[C@H](CC(C)=O)C(=O)O.CCC(=O)NCCCC[C@H](CC(C)=O)C(=O)OC.CCC(=O)O.CCCC(=O)C[C@@H](CCCCN)C(=O)NC.CCCC(=O)C[C@@H](CCCCN)C(=O)NC.CCCC(=O)O.CCCCC[C@H](CC(=O)CCC)C(=O)NC.CCCCC[C@H](CC(C)=O)C(=O)OC.CCCCC[C@H](CC(C)=O)C(=O)OC.CCCCC[C@H](N)C(=O)NC.CO.S=PP=S. The quantitative estimate of drug-likeness (QED) is 0.0116. The Morgan fingerprint density at radius 1 is 0.302 bits per heavy atom. The maximum atomic E-state index is 11.6. The van der Waals surface area contributed by atoms with Crippen LogP contribution in [0.25, 0.3) is 0 Å². The third kappa shape index (κ3) is 124. The van der Waals surface area contributed by atoms with Crippen LogP contribution in [0.3, 0.4) is 0 Å². The number of nitrogens with one attached hydrogen (secondary N) is 6. The molecule has 0 fully saturated rings. The van der Waals surface area contributed by atoms with E-state index in [9.17, 15) is 91.1 Å². The highest BCUT2D eigenvalue weighted by atomic mass is 32.7. The summed E-state index contributed by atoms with van der Waals surface area (Å²) in [5.74, 6) is -4.55. The normalized spacial score (nSPS) is 11.6. The molecule has 16 N–H and O–H groups in total. The number of aliphatic carboxylic acids is 3. The number of methoxy groups -OCH3 is 3. The van der Waals surface area contributed by atoms with Crippen LogP contribution < -0.4 is 49.1 Å². The first kappa shape index (κ1) is 157. The topological polar surface area (TPSA) is 583 Å². The summed E-state index contributed by atoms with van der Waals surface area (Å²) in [7, 11) is 13.3. The number of unbranched alkanes of at least 4 members (excludes halogenated alkanes) is 12. The molecule has 0 aliphatic rings. The number of Topliss-reactive ketones (excluding diaryl/α,β-unsaturated/α-hetero) is 7. The minimum Gasteiger partial charge on any atom is -0.481 e. The van der Waals surface area contributed by atoms with Crippen LogP contribution in [-0.2, 0) is 129 Å². The third-order valence-corrected chi connectivity index (χ3v) is 22.8. The van der Waals surface area contributed by atoms with E-state index < -0.39 is 23.8 Å². The molecule has 8 atom stereocenters. The van der Waals surface area contributed by atoms with Gasteiger partial charge in [-0.25, -0.2) is 0 Å². The van der Waals surface area contributed by atoms with Crippen molar-refractivity contribution >= 4 is 149 Å². The lowest BCUT2D eigenvalue weighted by molar-refractivity contribution is -0.147. The van der Waals surface area contributed by atoms with Gasteiger partial charge in [0.25, 0.3) is 0 Å². The highest BCUT2D eigenvalue weighted by Gasteiger charge is 2.26. The van der Waals surface area contributed by atoms with Crippen molar-refractivity contribution in [3.8, 4) is 0 Å². The van der Waals surface area contributed by atoms with Crippen molar-refractivity contribution in [3.05, 3.63) is 0 Å². The van der Waals surface area contributed by atoms with Gasteiger partial charge in [-0.05, 0) is 167 Å². The predicted molar refractivity (Wildman–Crippen MR) is 561 cm³/mol. The van der Waals surface area contributed by atoms with E-state index >= 15 is 0 Å². The summed E-state index contributed by atoms with van der Waals surface area (Å²) < 4.78 is 14.0. The van der Waals surface area contributed by atoms with Crippen molar-refractivity contribution in [2.75, 3.05) is 82.8 Å². The van der Waals surface area contributed by atoms with E-state index in [1.807, 2.05) is 27.7 Å². The monoisotopic (exact) mass is 2060 g/mol. The molecule has 0 aliphatic carbocycles. The Morgan fingerprint density at radius 3 is 0.719 bits per heavy atom. The Balaban J connectivity index is -0.000000130. The van der Waals surface area contributed by atoms with E-state index in [0.29, 0.717) is 116 Å². The lowest BCUT2D eigenvalue weighted by Gasteiger charge is -2.14. The third-order valence-electron chi connectivity index (χ3n) is 20.2. The maximum absolute atomic E-state index is 11.6. The van der Waals surface area contributed by atoms with Crippen molar-refractivity contribution in [2.45, 2.75) is 405 Å². The van der Waals surface area contributed by atoms with E-state index in [-0.39, 0.29) is 155 Å². The molecule has 0 bridgehead atoms. The van der Waals surface area contributed by atoms with Gasteiger partial charge in [0.2, 0.25) is 35.4 Å². The van der Waals surface area contributed by atoms with Gasteiger partial charge in [0.15, 0.2) is 0 Å². The van der Waals surface area contributed by atoms with Crippen LogP contribution >= 0.6 is 14.1 Å². The van der Waals surface area contributed by atoms with Crippen molar-refractivity contribution in [1.29, 1.82) is 0 Å². The largest absolute Gasteiger partial charge is 0.481 e. The number of hydrogen-bond donors (Lipinski definition) is 13. The zero-order chi connectivity index (χ0) is 110. The Hall–Kier alpha value is -7.79. The molecule has 0 heterocycles. The molecule has 0 aromatic carbocycles. The Bertz CT molecular complexity index is 3050. The highest BCUT2D eigenvalue weighted by molar-refractivity contribution is 8.40. The summed E-state index contributed by atoms with van der Waals surface area (Å²) in [6, 6.07) is -0.313. The first-order chi connectivity index (χ1) is 65.8. The number of aliphatic hydroxyl groups is 1. The van der Waals surface area contributed by atoms with Crippen LogP contribution in [0.15, 0.2) is 0 Å². The second-order valence-corrected chi connectivity index (χ2v) is 37.2. The summed E-state index contributed by atoms with van der Waals surface area (Å²) >= 11 is 8.82. The zero-order valence-electron chi connectivity index (χ0n) is 89.7. The molecule has 0 aliphatic heterocycles. The fourth-order valence-corrected chi connectivity index (χ4v) is 12.5. The number of aliphatic hydroxyl groups excluding tert-OH is 1. The molecule has 0 saturated carbocycles. The number of esters is 3. The summed E-state index contributed by atoms with van der Waals surface area (Å²) in [6.45, 7) is 29.8. The van der Waals surface area contributed by atoms with Crippen molar-refractivity contribution in [3.63, 3.8) is 0 Å². The minimum atomic E-state index is -0.919. The van der Waals surface area contributed by atoms with Crippen molar-refractivity contribution < 1.29 is 126 Å². The number of nitrogens with two attached hydrogens (primary N) is 3. The number of carbonyl (C=O) groups is 19. The summed E-state index contributed by atoms with van der Waals surface area (Å²) in [6.07, 6.45) is 34.2. The molecule has 0 aromatic rings. The second-order valence-electron chi connectivity index (χ2n) is 33.0. The number of ketones is 7. The Labute approximate surface area is 849 Å². The molecule has 0 rings (SSSR count). The van der Waals surface area contributed by atoms with E-state index in [0.717, 1.165) is 201 Å². The number of amides is 6. The van der Waals surface area contributed by atoms with Gasteiger partial charge in [-0.1, -0.05) is 179 Å². The number of rotatable bonds is 68. The van der Waals surface area contributed by atoms with Gasteiger partial charge in [-0.15, -0.1) is 0 Å². The van der Waals surface area contributed by atoms with Gasteiger partial charge in [-0.2, -0.15) is 0 Å². The molecule has 39 heteroatoms. The molecule has 35 nitrogen and oxygen atoms in total. The van der Waals surface area contributed by atoms with Crippen LogP contribution in [0.1, 0.15) is 399 Å². The molecule has 139 heavy (non-hydrogen) atoms. The molecular formula is C100H193N9O26P2S2. The summed E-state index contributed by atoms with van der Waals surface area (Å²) in [5, 5.41) is 47.4. The van der Waals surface area contributed by atoms with Crippen LogP contribution in [0.2, 0.25) is 0 Å². The molecule has 816 valence electrons. The lowest BCUT2D eigenvalue weighted by atomic mass is 9.93. The molecule has 0 spiro atoms. The lowest BCUT2D eigenvalue weighted by Crippen LogP contribution is -2.38. The summed E-state index contributed by atoms with van der Waals surface area (Å²) in [5.41, 5.74) is 16.4. The van der Waals surface area contributed by atoms with Gasteiger partial charge in [0, 0.05) is 170 Å². The van der Waals surface area contributed by atoms with Crippen LogP contribution in [-0.4, -0.2) is 221 Å². The predicted octanol–water partition coefficient (Wildman–Crippen LogP) is 16.0. The fraction of sp³-hybridized carbons (Fsp3) is 0.810. The Morgan fingerprint density at radius 2 is 0.532 bits per heavy atom. The zero-order valence-corrected chi connectivity index (χ0v) is 93.1. The average molecular weight is 2060 g/mol. The van der Waals surface area contributed by atoms with Crippen LogP contribution in [0.4, 0.5) is 0 Å². The first-order valence-corrected chi connectivity index (χ1v) is 54.4. The van der Waals surface area contributed by atoms with E-state index in [1.165, 1.54) is 55.4 Å². The first-order valence-electron chi connectivity index (χ1n) is 49.9. The number of hydrogen-bond acceptors (Lipinski definition) is 28. The number of likely N-dealkylation sites (N-methyl/N-ethyl adjacent to an activating group) is 1. The van der Waals surface area contributed by atoms with E-state index in [4.69, 9.17) is 37.6 Å². The van der Waals surface area contributed by atoms with E-state index in [2.05, 4.69) is 97.4 Å². The minimum absolute atomic E-state index is 0.00326. The Kier molecular flexibility index (Phi) is 136.